The fourth-order valence-corrected chi connectivity index (χ4v) is 1.77. The third kappa shape index (κ3) is 2.66. The van der Waals surface area contributed by atoms with Gasteiger partial charge in [-0.25, -0.2) is 0 Å². The fraction of sp³-hybridized carbons (Fsp3) is 0.800. The van der Waals surface area contributed by atoms with Gasteiger partial charge in [-0.05, 0) is 38.5 Å². The summed E-state index contributed by atoms with van der Waals surface area (Å²) in [5, 5.41) is 9.36. The van der Waals surface area contributed by atoms with Gasteiger partial charge in [-0.1, -0.05) is 18.6 Å². The third-order valence-electron chi connectivity index (χ3n) is 2.64. The summed E-state index contributed by atoms with van der Waals surface area (Å²) in [6.07, 6.45) is 5.45. The van der Waals surface area contributed by atoms with Gasteiger partial charge in [0.25, 0.3) is 0 Å². The van der Waals surface area contributed by atoms with Gasteiger partial charge < -0.3 is 5.11 Å². The van der Waals surface area contributed by atoms with Crippen molar-refractivity contribution in [2.24, 2.45) is 5.92 Å². The van der Waals surface area contributed by atoms with E-state index in [0.29, 0.717) is 5.92 Å². The fourth-order valence-electron chi connectivity index (χ4n) is 1.77. The highest BCUT2D eigenvalue weighted by molar-refractivity contribution is 4.96. The zero-order valence-corrected chi connectivity index (χ0v) is 7.34. The molecule has 1 nitrogen and oxygen atoms in total. The molecule has 0 amide bonds. The molecule has 0 bridgehead atoms. The maximum atomic E-state index is 9.36. The summed E-state index contributed by atoms with van der Waals surface area (Å²) in [5.41, 5.74) is 1.29. The first-order valence-corrected chi connectivity index (χ1v) is 4.53. The van der Waals surface area contributed by atoms with E-state index in [-0.39, 0.29) is 6.10 Å². The lowest BCUT2D eigenvalue weighted by Gasteiger charge is -2.12. The summed E-state index contributed by atoms with van der Waals surface area (Å²) in [6.45, 7) is 6.06. The summed E-state index contributed by atoms with van der Waals surface area (Å²) in [6, 6.07) is 0. The number of aliphatic hydroxyl groups is 1. The van der Waals surface area contributed by atoms with Crippen molar-refractivity contribution in [1.29, 1.82) is 0 Å². The molecule has 0 spiro atoms. The van der Waals surface area contributed by atoms with E-state index in [1.807, 2.05) is 0 Å². The molecule has 0 aliphatic heterocycles. The molecule has 11 heavy (non-hydrogen) atoms. The number of hydrogen-bond acceptors (Lipinski definition) is 1. The minimum absolute atomic E-state index is 0.0423. The van der Waals surface area contributed by atoms with Crippen molar-refractivity contribution in [1.82, 2.24) is 0 Å². The molecule has 0 aromatic heterocycles. The molecule has 1 N–H and O–H groups in total. The summed E-state index contributed by atoms with van der Waals surface area (Å²) in [5.74, 6) is 0.673. The largest absolute Gasteiger partial charge is 0.393 e. The molecule has 0 radical (unpaired) electrons. The van der Waals surface area contributed by atoms with Crippen LogP contribution in [0.2, 0.25) is 0 Å². The van der Waals surface area contributed by atoms with Crippen molar-refractivity contribution in [3.8, 4) is 0 Å². The Morgan fingerprint density at radius 1 is 1.27 bits per heavy atom. The number of rotatable bonds is 1. The predicted octanol–water partition coefficient (Wildman–Crippen LogP) is 2.50. The molecule has 1 aliphatic rings. The van der Waals surface area contributed by atoms with Crippen LogP contribution in [0, 0.1) is 5.92 Å². The lowest BCUT2D eigenvalue weighted by molar-refractivity contribution is 0.156. The topological polar surface area (TPSA) is 20.2 Å². The Morgan fingerprint density at radius 3 is 2.64 bits per heavy atom. The van der Waals surface area contributed by atoms with Gasteiger partial charge in [0.15, 0.2) is 0 Å². The zero-order chi connectivity index (χ0) is 8.27. The van der Waals surface area contributed by atoms with Gasteiger partial charge in [-0.15, -0.1) is 0 Å². The Morgan fingerprint density at radius 2 is 2.00 bits per heavy atom. The standard InChI is InChI=1S/C10H18O/c1-8(2)9-4-3-5-10(11)7-6-9/h9-11H,1,3-7H2,2H3. The van der Waals surface area contributed by atoms with Crippen LogP contribution < -0.4 is 0 Å². The van der Waals surface area contributed by atoms with Crippen molar-refractivity contribution >= 4 is 0 Å². The Bertz CT molecular complexity index is 140. The lowest BCUT2D eigenvalue weighted by Crippen LogP contribution is -2.04. The van der Waals surface area contributed by atoms with Crippen LogP contribution >= 0.6 is 0 Å². The van der Waals surface area contributed by atoms with Gasteiger partial charge in [-0.3, -0.25) is 0 Å². The maximum Gasteiger partial charge on any atom is 0.0540 e. The molecule has 2 unspecified atom stereocenters. The van der Waals surface area contributed by atoms with E-state index in [1.165, 1.54) is 18.4 Å². The van der Waals surface area contributed by atoms with E-state index < -0.39 is 0 Å². The Hall–Kier alpha value is -0.300. The molecule has 0 heterocycles. The summed E-state index contributed by atoms with van der Waals surface area (Å²) >= 11 is 0. The maximum absolute atomic E-state index is 9.36. The highest BCUT2D eigenvalue weighted by atomic mass is 16.3. The highest BCUT2D eigenvalue weighted by Crippen LogP contribution is 2.27. The van der Waals surface area contributed by atoms with E-state index in [2.05, 4.69) is 13.5 Å². The van der Waals surface area contributed by atoms with Gasteiger partial charge in [0.1, 0.15) is 0 Å². The molecule has 1 rings (SSSR count). The second kappa shape index (κ2) is 3.91. The van der Waals surface area contributed by atoms with Crippen molar-refractivity contribution in [2.75, 3.05) is 0 Å². The number of aliphatic hydroxyl groups excluding tert-OH is 1. The van der Waals surface area contributed by atoms with Gasteiger partial charge >= 0.3 is 0 Å². The minimum Gasteiger partial charge on any atom is -0.393 e. The van der Waals surface area contributed by atoms with Crippen molar-refractivity contribution in [3.63, 3.8) is 0 Å². The zero-order valence-electron chi connectivity index (χ0n) is 7.34. The number of hydrogen-bond donors (Lipinski definition) is 1. The Balaban J connectivity index is 2.40. The molecule has 1 saturated carbocycles. The highest BCUT2D eigenvalue weighted by Gasteiger charge is 2.16. The van der Waals surface area contributed by atoms with Crippen LogP contribution in [0.15, 0.2) is 12.2 Å². The third-order valence-corrected chi connectivity index (χ3v) is 2.64. The Labute approximate surface area is 69.1 Å². The molecule has 0 aromatic rings. The second-order valence-corrected chi connectivity index (χ2v) is 3.71. The Kier molecular flexibility index (Phi) is 3.13. The first-order chi connectivity index (χ1) is 5.20. The molecule has 64 valence electrons. The monoisotopic (exact) mass is 154 g/mol. The summed E-state index contributed by atoms with van der Waals surface area (Å²) in [7, 11) is 0. The molecule has 0 saturated heterocycles. The van der Waals surface area contributed by atoms with Crippen LogP contribution in [0.5, 0.6) is 0 Å². The summed E-state index contributed by atoms with van der Waals surface area (Å²) in [4.78, 5) is 0. The van der Waals surface area contributed by atoms with Crippen molar-refractivity contribution < 1.29 is 5.11 Å². The number of allylic oxidation sites excluding steroid dienone is 1. The van der Waals surface area contributed by atoms with Crippen molar-refractivity contribution in [2.45, 2.75) is 45.1 Å². The van der Waals surface area contributed by atoms with Crippen LogP contribution in [-0.2, 0) is 0 Å². The average molecular weight is 154 g/mol. The smallest absolute Gasteiger partial charge is 0.0540 e. The first kappa shape index (κ1) is 8.79. The molecule has 1 heteroatoms. The molecule has 0 aromatic carbocycles. The molecule has 2 atom stereocenters. The van der Waals surface area contributed by atoms with Gasteiger partial charge in [0, 0.05) is 0 Å². The summed E-state index contributed by atoms with van der Waals surface area (Å²) < 4.78 is 0. The van der Waals surface area contributed by atoms with E-state index in [0.717, 1.165) is 19.3 Å². The molecular formula is C10H18O. The quantitative estimate of drug-likeness (QED) is 0.454. The van der Waals surface area contributed by atoms with Gasteiger partial charge in [0.05, 0.1) is 6.10 Å². The SMILES string of the molecule is C=C(C)C1CCCC(O)CC1. The van der Waals surface area contributed by atoms with Gasteiger partial charge in [-0.2, -0.15) is 0 Å². The molecule has 1 fully saturated rings. The average Bonchev–Trinajstić information content (AvgIpc) is 2.13. The van der Waals surface area contributed by atoms with Crippen LogP contribution in [0.1, 0.15) is 39.0 Å². The van der Waals surface area contributed by atoms with Crippen LogP contribution in [-0.4, -0.2) is 11.2 Å². The lowest BCUT2D eigenvalue weighted by atomic mass is 9.94. The molecule has 1 aliphatic carbocycles. The van der Waals surface area contributed by atoms with Gasteiger partial charge in [0.2, 0.25) is 0 Å². The van der Waals surface area contributed by atoms with E-state index >= 15 is 0 Å². The van der Waals surface area contributed by atoms with E-state index in [1.54, 1.807) is 0 Å². The minimum atomic E-state index is -0.0423. The van der Waals surface area contributed by atoms with Crippen LogP contribution in [0.3, 0.4) is 0 Å². The van der Waals surface area contributed by atoms with Crippen LogP contribution in [0.4, 0.5) is 0 Å². The normalized spacial score (nSPS) is 32.9. The molecular weight excluding hydrogens is 136 g/mol. The van der Waals surface area contributed by atoms with E-state index in [9.17, 15) is 5.11 Å². The van der Waals surface area contributed by atoms with Crippen LogP contribution in [0.25, 0.3) is 0 Å². The second-order valence-electron chi connectivity index (χ2n) is 3.71. The van der Waals surface area contributed by atoms with Crippen molar-refractivity contribution in [3.05, 3.63) is 12.2 Å². The van der Waals surface area contributed by atoms with E-state index in [4.69, 9.17) is 0 Å². The predicted molar refractivity (Wildman–Crippen MR) is 47.4 cm³/mol. The first-order valence-electron chi connectivity index (χ1n) is 4.53.